The van der Waals surface area contributed by atoms with E-state index in [2.05, 4.69) is 22.7 Å². The second-order valence-corrected chi connectivity index (χ2v) is 5.11. The van der Waals surface area contributed by atoms with Crippen LogP contribution in [0.2, 0.25) is 0 Å². The van der Waals surface area contributed by atoms with Crippen molar-refractivity contribution in [3.63, 3.8) is 0 Å². The molecule has 1 aromatic heterocycles. The third-order valence-electron chi connectivity index (χ3n) is 3.10. The minimum absolute atomic E-state index is 0.105. The highest BCUT2D eigenvalue weighted by Crippen LogP contribution is 2.23. The Balaban J connectivity index is 2.30. The van der Waals surface area contributed by atoms with E-state index < -0.39 is 16.8 Å². The number of aryl methyl sites for hydroxylation is 1. The van der Waals surface area contributed by atoms with Gasteiger partial charge >= 0.3 is 5.97 Å². The third kappa shape index (κ3) is 3.51. The zero-order valence-corrected chi connectivity index (χ0v) is 13.2. The van der Waals surface area contributed by atoms with E-state index in [0.717, 1.165) is 6.07 Å². The van der Waals surface area contributed by atoms with Crippen LogP contribution in [0.5, 0.6) is 0 Å². The molecule has 1 amide bonds. The van der Waals surface area contributed by atoms with Crippen molar-refractivity contribution >= 4 is 35.9 Å². The number of rotatable bonds is 4. The van der Waals surface area contributed by atoms with Gasteiger partial charge in [-0.1, -0.05) is 0 Å². The van der Waals surface area contributed by atoms with E-state index in [0.29, 0.717) is 10.6 Å². The number of aromatic nitrogens is 1. The number of methoxy groups -OCH3 is 1. The average molecular weight is 335 g/mol. The van der Waals surface area contributed by atoms with Crippen molar-refractivity contribution in [2.45, 2.75) is 4.90 Å². The first-order chi connectivity index (χ1) is 10.8. The summed E-state index contributed by atoms with van der Waals surface area (Å²) in [7, 11) is 2.77. The van der Waals surface area contributed by atoms with Crippen LogP contribution in [0, 0.1) is 10.1 Å². The van der Waals surface area contributed by atoms with Crippen molar-refractivity contribution in [3.8, 4) is 0 Å². The van der Waals surface area contributed by atoms with Gasteiger partial charge in [0, 0.05) is 18.0 Å². The predicted octanol–water partition coefficient (Wildman–Crippen LogP) is 2.26. The summed E-state index contributed by atoms with van der Waals surface area (Å²) in [6, 6.07) is 5.64. The highest BCUT2D eigenvalue weighted by Gasteiger charge is 2.19. The molecule has 120 valence electrons. The van der Waals surface area contributed by atoms with Gasteiger partial charge in [-0.15, -0.1) is 12.6 Å². The van der Waals surface area contributed by atoms with Crippen molar-refractivity contribution < 1.29 is 19.2 Å². The first-order valence-corrected chi connectivity index (χ1v) is 6.81. The highest BCUT2D eigenvalue weighted by molar-refractivity contribution is 7.80. The van der Waals surface area contributed by atoms with E-state index in [4.69, 9.17) is 0 Å². The Bertz CT molecular complexity index is 800. The van der Waals surface area contributed by atoms with E-state index in [1.54, 1.807) is 6.07 Å². The summed E-state index contributed by atoms with van der Waals surface area (Å²) in [5.74, 6) is -1.11. The van der Waals surface area contributed by atoms with Gasteiger partial charge in [-0.05, 0) is 18.2 Å². The Kier molecular flexibility index (Phi) is 4.70. The number of ether oxygens (including phenoxy) is 1. The number of carbonyl (C=O) groups is 2. The maximum Gasteiger partial charge on any atom is 0.337 e. The van der Waals surface area contributed by atoms with E-state index in [-0.39, 0.29) is 16.9 Å². The molecule has 0 aliphatic carbocycles. The minimum Gasteiger partial charge on any atom is -0.465 e. The lowest BCUT2D eigenvalue weighted by atomic mass is 10.2. The van der Waals surface area contributed by atoms with Crippen LogP contribution in [0.25, 0.3) is 0 Å². The van der Waals surface area contributed by atoms with Crippen LogP contribution in [0.3, 0.4) is 0 Å². The first-order valence-electron chi connectivity index (χ1n) is 6.37. The smallest absolute Gasteiger partial charge is 0.337 e. The van der Waals surface area contributed by atoms with E-state index >= 15 is 0 Å². The van der Waals surface area contributed by atoms with Gasteiger partial charge in [-0.25, -0.2) is 4.79 Å². The monoisotopic (exact) mass is 335 g/mol. The van der Waals surface area contributed by atoms with E-state index in [1.165, 1.54) is 37.1 Å². The van der Waals surface area contributed by atoms with Gasteiger partial charge in [0.15, 0.2) is 0 Å². The number of nitro groups is 1. The van der Waals surface area contributed by atoms with Gasteiger partial charge in [0.1, 0.15) is 5.69 Å². The van der Waals surface area contributed by atoms with Gasteiger partial charge in [0.2, 0.25) is 0 Å². The predicted molar refractivity (Wildman–Crippen MR) is 85.1 cm³/mol. The SMILES string of the molecule is COC(=O)c1ccc(S)c(NC(=O)c2cc([N+](=O)[O-])cn2C)c1. The second-order valence-electron chi connectivity index (χ2n) is 4.63. The van der Waals surface area contributed by atoms with Crippen LogP contribution in [0.4, 0.5) is 11.4 Å². The molecule has 2 rings (SSSR count). The van der Waals surface area contributed by atoms with Crippen molar-refractivity contribution in [3.05, 3.63) is 51.8 Å². The lowest BCUT2D eigenvalue weighted by Gasteiger charge is -2.09. The summed E-state index contributed by atoms with van der Waals surface area (Å²) in [5.41, 5.74) is 0.462. The summed E-state index contributed by atoms with van der Waals surface area (Å²) in [4.78, 5) is 34.4. The van der Waals surface area contributed by atoms with Gasteiger partial charge < -0.3 is 14.6 Å². The molecule has 0 bridgehead atoms. The molecule has 1 heterocycles. The fourth-order valence-electron chi connectivity index (χ4n) is 1.94. The molecular formula is C14H13N3O5S. The topological polar surface area (TPSA) is 103 Å². The Morgan fingerprint density at radius 1 is 1.35 bits per heavy atom. The average Bonchev–Trinajstić information content (AvgIpc) is 2.91. The summed E-state index contributed by atoms with van der Waals surface area (Å²) >= 11 is 4.21. The molecule has 1 aromatic carbocycles. The molecule has 0 saturated heterocycles. The molecule has 8 nitrogen and oxygen atoms in total. The summed E-state index contributed by atoms with van der Waals surface area (Å²) in [5, 5.41) is 13.3. The Labute approximate surface area is 136 Å². The van der Waals surface area contributed by atoms with Gasteiger partial charge in [0.05, 0.1) is 29.5 Å². The molecule has 0 atom stereocenters. The Hall–Kier alpha value is -2.81. The summed E-state index contributed by atoms with van der Waals surface area (Å²) < 4.78 is 5.96. The second kappa shape index (κ2) is 6.53. The Morgan fingerprint density at radius 2 is 2.04 bits per heavy atom. The van der Waals surface area contributed by atoms with Crippen LogP contribution < -0.4 is 5.32 Å². The largest absolute Gasteiger partial charge is 0.465 e. The standard InChI is InChI=1S/C14H13N3O5S/c1-16-7-9(17(20)21)6-11(16)13(18)15-10-5-8(14(19)22-2)3-4-12(10)23/h3-7,23H,1-2H3,(H,15,18). The van der Waals surface area contributed by atoms with E-state index in [1.807, 2.05) is 0 Å². The quantitative estimate of drug-likeness (QED) is 0.386. The van der Waals surface area contributed by atoms with Crippen LogP contribution in [-0.2, 0) is 11.8 Å². The number of nitrogens with one attached hydrogen (secondary N) is 1. The van der Waals surface area contributed by atoms with Gasteiger partial charge in [0.25, 0.3) is 11.6 Å². The lowest BCUT2D eigenvalue weighted by molar-refractivity contribution is -0.384. The maximum atomic E-state index is 12.3. The fraction of sp³-hybridized carbons (Fsp3) is 0.143. The number of carbonyl (C=O) groups excluding carboxylic acids is 2. The number of esters is 1. The summed E-state index contributed by atoms with van der Waals surface area (Å²) in [6.07, 6.45) is 1.24. The number of hydrogen-bond acceptors (Lipinski definition) is 6. The summed E-state index contributed by atoms with van der Waals surface area (Å²) in [6.45, 7) is 0. The molecule has 0 fully saturated rings. The molecule has 0 aliphatic rings. The van der Waals surface area contributed by atoms with Gasteiger partial charge in [-0.3, -0.25) is 14.9 Å². The van der Waals surface area contributed by atoms with Crippen molar-refractivity contribution in [1.29, 1.82) is 0 Å². The van der Waals surface area contributed by atoms with E-state index in [9.17, 15) is 19.7 Å². The first kappa shape index (κ1) is 16.6. The normalized spacial score (nSPS) is 10.2. The van der Waals surface area contributed by atoms with Crippen LogP contribution in [0.1, 0.15) is 20.8 Å². The molecule has 0 radical (unpaired) electrons. The zero-order chi connectivity index (χ0) is 17.1. The van der Waals surface area contributed by atoms with Crippen molar-refractivity contribution in [2.75, 3.05) is 12.4 Å². The number of hydrogen-bond donors (Lipinski definition) is 2. The maximum absolute atomic E-state index is 12.3. The molecule has 0 saturated carbocycles. The fourth-order valence-corrected chi connectivity index (χ4v) is 2.13. The van der Waals surface area contributed by atoms with Crippen molar-refractivity contribution in [2.24, 2.45) is 7.05 Å². The lowest BCUT2D eigenvalue weighted by Crippen LogP contribution is -2.16. The van der Waals surface area contributed by atoms with Crippen LogP contribution in [-0.4, -0.2) is 28.5 Å². The highest BCUT2D eigenvalue weighted by atomic mass is 32.1. The zero-order valence-electron chi connectivity index (χ0n) is 12.3. The molecule has 0 unspecified atom stereocenters. The number of thiol groups is 1. The molecule has 0 aliphatic heterocycles. The molecule has 0 spiro atoms. The Morgan fingerprint density at radius 3 is 2.61 bits per heavy atom. The third-order valence-corrected chi connectivity index (χ3v) is 3.49. The molecule has 1 N–H and O–H groups in total. The van der Waals surface area contributed by atoms with Crippen molar-refractivity contribution in [1.82, 2.24) is 4.57 Å². The number of nitrogens with zero attached hydrogens (tertiary/aromatic N) is 2. The van der Waals surface area contributed by atoms with Crippen LogP contribution >= 0.6 is 12.6 Å². The van der Waals surface area contributed by atoms with Gasteiger partial charge in [-0.2, -0.15) is 0 Å². The molecule has 2 aromatic rings. The number of anilines is 1. The molecule has 23 heavy (non-hydrogen) atoms. The minimum atomic E-state index is -0.585. The van der Waals surface area contributed by atoms with Crippen LogP contribution in [0.15, 0.2) is 35.4 Å². The number of benzene rings is 1. The molecule has 9 heteroatoms. The molecular weight excluding hydrogens is 322 g/mol. The number of amides is 1.